The number of hydrogen-bond donors (Lipinski definition) is 0. The molecule has 0 bridgehead atoms. The van der Waals surface area contributed by atoms with E-state index in [4.69, 9.17) is 4.98 Å². The van der Waals surface area contributed by atoms with Gasteiger partial charge in [0.2, 0.25) is 0 Å². The molecule has 5 aromatic carbocycles. The first-order valence-corrected chi connectivity index (χ1v) is 15.1. The van der Waals surface area contributed by atoms with Crippen LogP contribution in [0.15, 0.2) is 146 Å². The second-order valence-electron chi connectivity index (χ2n) is 12.3. The van der Waals surface area contributed by atoms with E-state index >= 15 is 0 Å². The maximum atomic E-state index is 5.46. The number of rotatable bonds is 4. The molecule has 1 aromatic heterocycles. The van der Waals surface area contributed by atoms with E-state index in [0.717, 1.165) is 23.2 Å². The average molecular weight is 554 g/mol. The maximum Gasteiger partial charge on any atom is 0.0794 e. The highest BCUT2D eigenvalue weighted by Crippen LogP contribution is 2.48. The number of allylic oxidation sites excluding steroid dienone is 2. The van der Waals surface area contributed by atoms with Crippen molar-refractivity contribution in [2.75, 3.05) is 0 Å². The summed E-state index contributed by atoms with van der Waals surface area (Å²) in [6.45, 7) is 6.87. The highest BCUT2D eigenvalue weighted by Gasteiger charge is 2.29. The fourth-order valence-corrected chi connectivity index (χ4v) is 6.32. The molecule has 1 heteroatoms. The first-order chi connectivity index (χ1) is 21.0. The van der Waals surface area contributed by atoms with E-state index in [9.17, 15) is 0 Å². The van der Waals surface area contributed by atoms with E-state index in [1.54, 1.807) is 0 Å². The summed E-state index contributed by atoms with van der Waals surface area (Å²) in [5.41, 5.74) is 14.4. The molecule has 1 nitrogen and oxygen atoms in total. The predicted molar refractivity (Wildman–Crippen MR) is 183 cm³/mol. The number of pyridine rings is 1. The van der Waals surface area contributed by atoms with E-state index in [1.165, 1.54) is 55.5 Å². The third kappa shape index (κ3) is 5.02. The Morgan fingerprint density at radius 3 is 1.65 bits per heavy atom. The summed E-state index contributed by atoms with van der Waals surface area (Å²) in [6, 6.07) is 50.2. The summed E-state index contributed by atoms with van der Waals surface area (Å²) < 4.78 is 0. The van der Waals surface area contributed by atoms with Gasteiger partial charge in [0.15, 0.2) is 0 Å². The molecule has 7 rings (SSSR count). The lowest BCUT2D eigenvalue weighted by atomic mass is 9.80. The third-order valence-electron chi connectivity index (χ3n) is 8.50. The predicted octanol–water partition coefficient (Wildman–Crippen LogP) is 11.0. The Kier molecular flexibility index (Phi) is 6.87. The number of nitrogens with zero attached hydrogens (tertiary/aromatic N) is 1. The van der Waals surface area contributed by atoms with Gasteiger partial charge in [-0.15, -0.1) is 0 Å². The molecule has 43 heavy (non-hydrogen) atoms. The molecule has 1 heterocycles. The molecule has 0 saturated carbocycles. The summed E-state index contributed by atoms with van der Waals surface area (Å²) in [5.74, 6) is 0. The van der Waals surface area contributed by atoms with Gasteiger partial charge in [-0.05, 0) is 62.9 Å². The van der Waals surface area contributed by atoms with Crippen LogP contribution in [0.2, 0.25) is 0 Å². The summed E-state index contributed by atoms with van der Waals surface area (Å²) in [6.07, 6.45) is 3.24. The van der Waals surface area contributed by atoms with Gasteiger partial charge in [0.1, 0.15) is 0 Å². The Morgan fingerprint density at radius 1 is 0.535 bits per heavy atom. The fourth-order valence-electron chi connectivity index (χ4n) is 6.32. The lowest BCUT2D eigenvalue weighted by molar-refractivity contribution is 0.591. The van der Waals surface area contributed by atoms with Crippen molar-refractivity contribution in [3.63, 3.8) is 0 Å². The third-order valence-corrected chi connectivity index (χ3v) is 8.50. The van der Waals surface area contributed by atoms with Crippen LogP contribution in [0.25, 0.3) is 38.9 Å². The Hall–Kier alpha value is -5.01. The molecule has 0 radical (unpaired) electrons. The summed E-state index contributed by atoms with van der Waals surface area (Å²) >= 11 is 0. The zero-order valence-electron chi connectivity index (χ0n) is 25.0. The van der Waals surface area contributed by atoms with Crippen molar-refractivity contribution in [3.05, 3.63) is 179 Å². The molecule has 0 N–H and O–H groups in total. The molecular weight excluding hydrogens is 518 g/mol. The number of aromatic nitrogens is 1. The summed E-state index contributed by atoms with van der Waals surface area (Å²) in [5, 5.41) is 1.19. The molecule has 0 aliphatic heterocycles. The van der Waals surface area contributed by atoms with Crippen LogP contribution in [0.4, 0.5) is 0 Å². The topological polar surface area (TPSA) is 12.9 Å². The lowest BCUT2D eigenvalue weighted by Gasteiger charge is -2.25. The Balaban J connectivity index is 1.72. The highest BCUT2D eigenvalue weighted by atomic mass is 14.7. The zero-order valence-corrected chi connectivity index (χ0v) is 25.0. The van der Waals surface area contributed by atoms with Gasteiger partial charge < -0.3 is 0 Å². The fraction of sp³-hybridized carbons (Fsp3) is 0.119. The van der Waals surface area contributed by atoms with Crippen molar-refractivity contribution in [3.8, 4) is 11.3 Å². The van der Waals surface area contributed by atoms with E-state index in [-0.39, 0.29) is 5.41 Å². The quantitative estimate of drug-likeness (QED) is 0.212. The van der Waals surface area contributed by atoms with Crippen LogP contribution in [-0.4, -0.2) is 4.98 Å². The van der Waals surface area contributed by atoms with Crippen LogP contribution in [-0.2, 0) is 5.41 Å². The van der Waals surface area contributed by atoms with Crippen LogP contribution in [0.5, 0.6) is 0 Å². The van der Waals surface area contributed by atoms with Crippen molar-refractivity contribution in [1.29, 1.82) is 0 Å². The van der Waals surface area contributed by atoms with Crippen molar-refractivity contribution in [2.45, 2.75) is 32.6 Å². The molecule has 0 fully saturated rings. The number of fused-ring (bicyclic) bond motifs is 3. The zero-order chi connectivity index (χ0) is 29.4. The molecule has 6 aromatic rings. The Morgan fingerprint density at radius 2 is 1.07 bits per heavy atom. The van der Waals surface area contributed by atoms with Crippen LogP contribution in [0.3, 0.4) is 0 Å². The minimum atomic E-state index is 0.000881. The van der Waals surface area contributed by atoms with Crippen LogP contribution in [0, 0.1) is 0 Å². The van der Waals surface area contributed by atoms with E-state index in [1.807, 2.05) is 0 Å². The van der Waals surface area contributed by atoms with Crippen LogP contribution < -0.4 is 0 Å². The summed E-state index contributed by atoms with van der Waals surface area (Å²) in [7, 11) is 0. The average Bonchev–Trinajstić information content (AvgIpc) is 3.23. The van der Waals surface area contributed by atoms with Crippen LogP contribution >= 0.6 is 0 Å². The normalized spacial score (nSPS) is 13.4. The highest BCUT2D eigenvalue weighted by molar-refractivity contribution is 6.13. The molecule has 0 unspecified atom stereocenters. The SMILES string of the molecule is CC(C)(C)c1ccc2nc(-c3ccccc3)c3c(c2c1)C(c1ccccc1)=C(c1ccccc1)CC=C3c1ccccc1. The van der Waals surface area contributed by atoms with Crippen LogP contribution in [0.1, 0.15) is 60.6 Å². The number of benzene rings is 5. The molecule has 1 aliphatic rings. The van der Waals surface area contributed by atoms with Gasteiger partial charge in [0, 0.05) is 22.1 Å². The second-order valence-corrected chi connectivity index (χ2v) is 12.3. The van der Waals surface area contributed by atoms with Crippen molar-refractivity contribution in [1.82, 2.24) is 4.98 Å². The first kappa shape index (κ1) is 26.9. The van der Waals surface area contributed by atoms with Gasteiger partial charge in [0.25, 0.3) is 0 Å². The van der Waals surface area contributed by atoms with E-state index < -0.39 is 0 Å². The standard InChI is InChI=1S/C42H35N/c1-42(2,3)33-24-27-37-36(28-33)39-38(31-20-12-6-13-21-31)34(29-16-8-4-9-17-29)25-26-35(30-18-10-5-11-19-30)40(39)41(43-37)32-22-14-7-15-23-32/h4-24,26-28H,25H2,1-3H3. The Labute approximate surface area is 254 Å². The molecule has 0 saturated heterocycles. The van der Waals surface area contributed by atoms with E-state index in [0.29, 0.717) is 0 Å². The number of hydrogen-bond acceptors (Lipinski definition) is 1. The van der Waals surface area contributed by atoms with Gasteiger partial charge in [-0.3, -0.25) is 0 Å². The van der Waals surface area contributed by atoms with E-state index in [2.05, 4.69) is 166 Å². The molecule has 0 amide bonds. The van der Waals surface area contributed by atoms with Gasteiger partial charge in [-0.25, -0.2) is 4.98 Å². The van der Waals surface area contributed by atoms with Crippen molar-refractivity contribution >= 4 is 27.6 Å². The Bertz CT molecular complexity index is 1980. The van der Waals surface area contributed by atoms with Gasteiger partial charge >= 0.3 is 0 Å². The monoisotopic (exact) mass is 553 g/mol. The molecule has 0 atom stereocenters. The molecule has 208 valence electrons. The molecule has 1 aliphatic carbocycles. The largest absolute Gasteiger partial charge is 0.247 e. The summed E-state index contributed by atoms with van der Waals surface area (Å²) in [4.78, 5) is 5.46. The lowest BCUT2D eigenvalue weighted by Crippen LogP contribution is -2.11. The smallest absolute Gasteiger partial charge is 0.0794 e. The van der Waals surface area contributed by atoms with Crippen molar-refractivity contribution in [2.24, 2.45) is 0 Å². The first-order valence-electron chi connectivity index (χ1n) is 15.1. The van der Waals surface area contributed by atoms with Gasteiger partial charge in [0.05, 0.1) is 11.2 Å². The second kappa shape index (κ2) is 11.0. The minimum Gasteiger partial charge on any atom is -0.247 e. The molecule has 0 spiro atoms. The molecular formula is C42H35N. The van der Waals surface area contributed by atoms with Crippen molar-refractivity contribution < 1.29 is 0 Å². The van der Waals surface area contributed by atoms with Gasteiger partial charge in [-0.1, -0.05) is 154 Å². The maximum absolute atomic E-state index is 5.46. The minimum absolute atomic E-state index is 0.000881. The van der Waals surface area contributed by atoms with Gasteiger partial charge in [-0.2, -0.15) is 0 Å².